The number of nitrogens with two attached hydrogens (primary N) is 1. The molecule has 0 amide bonds. The first kappa shape index (κ1) is 14.5. The van der Waals surface area contributed by atoms with Gasteiger partial charge < -0.3 is 19.9 Å². The lowest BCUT2D eigenvalue weighted by atomic mass is 10.2. The van der Waals surface area contributed by atoms with Crippen molar-refractivity contribution in [1.29, 1.82) is 0 Å². The standard InChI is InChI=1S/C13H17N3O3S/c1-17-5-4-16-12(14)8-6-10(18-2)11(19-3)7-9(8)15-13(16)20/h6-7H,4-5H2,1-3H3,(H2,14,15,20)/p+1. The lowest BCUT2D eigenvalue weighted by Gasteiger charge is -2.11. The van der Waals surface area contributed by atoms with Crippen LogP contribution in [0.25, 0.3) is 10.9 Å². The smallest absolute Gasteiger partial charge is 0.295 e. The third-order valence-electron chi connectivity index (χ3n) is 3.10. The van der Waals surface area contributed by atoms with Crippen LogP contribution in [0.4, 0.5) is 5.82 Å². The minimum absolute atomic E-state index is 0.533. The fourth-order valence-electron chi connectivity index (χ4n) is 2.04. The van der Waals surface area contributed by atoms with Gasteiger partial charge in [-0.25, -0.2) is 4.57 Å². The Morgan fingerprint density at radius 2 is 1.85 bits per heavy atom. The van der Waals surface area contributed by atoms with Crippen molar-refractivity contribution in [2.45, 2.75) is 6.54 Å². The zero-order valence-electron chi connectivity index (χ0n) is 11.7. The van der Waals surface area contributed by atoms with Crippen LogP contribution in [-0.4, -0.2) is 32.9 Å². The van der Waals surface area contributed by atoms with Crippen LogP contribution in [0, 0.1) is 4.77 Å². The van der Waals surface area contributed by atoms with E-state index in [1.807, 2.05) is 12.1 Å². The molecule has 108 valence electrons. The molecule has 0 aliphatic rings. The number of nitrogens with one attached hydrogen (secondary N) is 1. The molecule has 0 spiro atoms. The molecule has 3 N–H and O–H groups in total. The predicted octanol–water partition coefficient (Wildman–Crippen LogP) is 1.43. The highest BCUT2D eigenvalue weighted by atomic mass is 32.1. The highest BCUT2D eigenvalue weighted by Gasteiger charge is 2.16. The number of hydrogen-bond donors (Lipinski definition) is 2. The van der Waals surface area contributed by atoms with Gasteiger partial charge in [0.1, 0.15) is 5.52 Å². The molecule has 6 nitrogen and oxygen atoms in total. The second kappa shape index (κ2) is 6.06. The number of rotatable bonds is 5. The number of nitrogen functional groups attached to an aromatic ring is 1. The van der Waals surface area contributed by atoms with E-state index >= 15 is 0 Å². The third kappa shape index (κ3) is 2.54. The molecule has 0 fully saturated rings. The van der Waals surface area contributed by atoms with Crippen molar-refractivity contribution in [1.82, 2.24) is 4.98 Å². The van der Waals surface area contributed by atoms with Crippen LogP contribution in [0.1, 0.15) is 0 Å². The molecule has 2 rings (SSSR count). The number of H-pyrrole nitrogens is 1. The summed E-state index contributed by atoms with van der Waals surface area (Å²) in [7, 11) is 4.81. The van der Waals surface area contributed by atoms with Gasteiger partial charge in [-0.3, -0.25) is 4.98 Å². The fourth-order valence-corrected chi connectivity index (χ4v) is 2.34. The molecule has 1 aromatic heterocycles. The van der Waals surface area contributed by atoms with Gasteiger partial charge in [0.2, 0.25) is 5.82 Å². The minimum atomic E-state index is 0.533. The topological polar surface area (TPSA) is 73.4 Å². The normalized spacial score (nSPS) is 10.8. The van der Waals surface area contributed by atoms with Crippen molar-refractivity contribution in [3.05, 3.63) is 16.9 Å². The summed E-state index contributed by atoms with van der Waals surface area (Å²) in [5, 5.41) is 0.826. The first-order valence-electron chi connectivity index (χ1n) is 6.08. The van der Waals surface area contributed by atoms with Gasteiger partial charge in [0.25, 0.3) is 4.77 Å². The van der Waals surface area contributed by atoms with Crippen molar-refractivity contribution in [3.63, 3.8) is 0 Å². The zero-order valence-corrected chi connectivity index (χ0v) is 12.5. The van der Waals surface area contributed by atoms with E-state index in [2.05, 4.69) is 4.98 Å². The Labute approximate surface area is 122 Å². The molecule has 0 atom stereocenters. The molecule has 1 aromatic carbocycles. The van der Waals surface area contributed by atoms with E-state index in [4.69, 9.17) is 32.2 Å². The van der Waals surface area contributed by atoms with Crippen molar-refractivity contribution in [2.75, 3.05) is 33.7 Å². The average molecular weight is 296 g/mol. The first-order valence-corrected chi connectivity index (χ1v) is 6.49. The number of hydrogen-bond acceptors (Lipinski definition) is 5. The summed E-state index contributed by atoms with van der Waals surface area (Å²) in [6, 6.07) is 3.65. The molecular formula is C13H18N3O3S+. The number of fused-ring (bicyclic) bond motifs is 1. The van der Waals surface area contributed by atoms with Crippen LogP contribution >= 0.6 is 12.2 Å². The number of aromatic nitrogens is 2. The molecule has 1 heterocycles. The summed E-state index contributed by atoms with van der Waals surface area (Å²) in [4.78, 5) is 3.14. The zero-order chi connectivity index (χ0) is 14.7. The monoisotopic (exact) mass is 296 g/mol. The van der Waals surface area contributed by atoms with E-state index in [0.717, 1.165) is 10.9 Å². The van der Waals surface area contributed by atoms with E-state index < -0.39 is 0 Å². The number of methoxy groups -OCH3 is 3. The van der Waals surface area contributed by atoms with Gasteiger partial charge in [0.05, 0.1) is 32.8 Å². The second-order valence-corrected chi connectivity index (χ2v) is 4.60. The van der Waals surface area contributed by atoms with E-state index in [1.165, 1.54) is 0 Å². The number of anilines is 1. The third-order valence-corrected chi connectivity index (χ3v) is 3.42. The van der Waals surface area contributed by atoms with Gasteiger partial charge in [-0.05, 0) is 12.2 Å². The number of nitrogens with zero attached hydrogens (tertiary/aromatic N) is 1. The van der Waals surface area contributed by atoms with Crippen molar-refractivity contribution in [2.24, 2.45) is 0 Å². The largest absolute Gasteiger partial charge is 0.493 e. The van der Waals surface area contributed by atoms with Gasteiger partial charge in [-0.15, -0.1) is 0 Å². The molecule has 0 bridgehead atoms. The van der Waals surface area contributed by atoms with Crippen LogP contribution in [0.15, 0.2) is 12.1 Å². The maximum Gasteiger partial charge on any atom is 0.295 e. The average Bonchev–Trinajstić information content (AvgIpc) is 2.46. The number of aromatic amines is 1. The summed E-state index contributed by atoms with van der Waals surface area (Å²) in [5.41, 5.74) is 7.00. The summed E-state index contributed by atoms with van der Waals surface area (Å²) in [5.74, 6) is 1.82. The Morgan fingerprint density at radius 3 is 2.45 bits per heavy atom. The van der Waals surface area contributed by atoms with E-state index in [-0.39, 0.29) is 0 Å². The molecular weight excluding hydrogens is 278 g/mol. The SMILES string of the molecule is COCC[n+]1c(N)c2cc(OC)c(OC)cc2[nH]c1=S. The first-order chi connectivity index (χ1) is 9.62. The maximum absolute atomic E-state index is 6.20. The quantitative estimate of drug-likeness (QED) is 0.645. The Balaban J connectivity index is 2.68. The van der Waals surface area contributed by atoms with Gasteiger partial charge in [-0.1, -0.05) is 0 Å². The Morgan fingerprint density at radius 1 is 1.20 bits per heavy atom. The van der Waals surface area contributed by atoms with Crippen LogP contribution in [0.5, 0.6) is 11.5 Å². The molecule has 0 radical (unpaired) electrons. The molecule has 0 saturated carbocycles. The van der Waals surface area contributed by atoms with Crippen LogP contribution in [-0.2, 0) is 11.3 Å². The van der Waals surface area contributed by atoms with E-state index in [1.54, 1.807) is 25.9 Å². The Bertz CT molecular complexity index is 685. The number of ether oxygens (including phenoxy) is 3. The van der Waals surface area contributed by atoms with Gasteiger partial charge in [-0.2, -0.15) is 0 Å². The summed E-state index contributed by atoms with van der Waals surface area (Å²) in [6.07, 6.45) is 0. The highest BCUT2D eigenvalue weighted by molar-refractivity contribution is 7.71. The minimum Gasteiger partial charge on any atom is -0.493 e. The number of benzene rings is 1. The summed E-state index contributed by atoms with van der Waals surface area (Å²) in [6.45, 7) is 1.12. The van der Waals surface area contributed by atoms with E-state index in [0.29, 0.717) is 35.2 Å². The Hall–Kier alpha value is -1.86. The molecule has 0 aliphatic carbocycles. The lowest BCUT2D eigenvalue weighted by Crippen LogP contribution is -2.41. The van der Waals surface area contributed by atoms with Crippen molar-refractivity contribution in [3.8, 4) is 11.5 Å². The highest BCUT2D eigenvalue weighted by Crippen LogP contribution is 2.32. The molecule has 7 heteroatoms. The van der Waals surface area contributed by atoms with Gasteiger partial charge in [0, 0.05) is 19.2 Å². The Kier molecular flexibility index (Phi) is 4.41. The summed E-state index contributed by atoms with van der Waals surface area (Å²) < 4.78 is 18.0. The fraction of sp³-hybridized carbons (Fsp3) is 0.385. The van der Waals surface area contributed by atoms with Gasteiger partial charge >= 0.3 is 0 Å². The van der Waals surface area contributed by atoms with Gasteiger partial charge in [0.15, 0.2) is 11.5 Å². The van der Waals surface area contributed by atoms with Crippen molar-refractivity contribution < 1.29 is 18.8 Å². The van der Waals surface area contributed by atoms with E-state index in [9.17, 15) is 0 Å². The van der Waals surface area contributed by atoms with Crippen LogP contribution < -0.4 is 19.8 Å². The second-order valence-electron chi connectivity index (χ2n) is 4.21. The molecule has 20 heavy (non-hydrogen) atoms. The predicted molar refractivity (Wildman–Crippen MR) is 78.7 cm³/mol. The van der Waals surface area contributed by atoms with Crippen molar-refractivity contribution >= 4 is 28.9 Å². The molecule has 0 saturated heterocycles. The maximum atomic E-state index is 6.20. The molecule has 2 aromatic rings. The summed E-state index contributed by atoms with van der Waals surface area (Å²) >= 11 is 5.32. The van der Waals surface area contributed by atoms with Crippen LogP contribution in [0.2, 0.25) is 0 Å². The molecule has 0 unspecified atom stereocenters. The van der Waals surface area contributed by atoms with Crippen LogP contribution in [0.3, 0.4) is 0 Å². The molecule has 0 aliphatic heterocycles. The lowest BCUT2D eigenvalue weighted by molar-refractivity contribution is -0.692.